The largest absolute Gasteiger partial charge is 0.497 e. The number of ether oxygens (including phenoxy) is 2. The third kappa shape index (κ3) is 4.40. The van der Waals surface area contributed by atoms with Crippen molar-refractivity contribution in [1.82, 2.24) is 15.5 Å². The Hall–Kier alpha value is -3.48. The van der Waals surface area contributed by atoms with Crippen molar-refractivity contribution < 1.29 is 14.3 Å². The molecule has 3 aromatic rings. The van der Waals surface area contributed by atoms with Gasteiger partial charge in [-0.05, 0) is 30.5 Å². The van der Waals surface area contributed by atoms with Gasteiger partial charge in [0.25, 0.3) is 5.91 Å². The topological polar surface area (TPSA) is 79.5 Å². The third-order valence-electron chi connectivity index (χ3n) is 5.34. The maximum absolute atomic E-state index is 12.8. The summed E-state index contributed by atoms with van der Waals surface area (Å²) in [6.45, 7) is 1.63. The molecule has 0 bridgehead atoms. The van der Waals surface area contributed by atoms with E-state index in [1.165, 1.54) is 0 Å². The average molecular weight is 406 g/mol. The Morgan fingerprint density at radius 1 is 1.10 bits per heavy atom. The number of methoxy groups -OCH3 is 2. The lowest BCUT2D eigenvalue weighted by Crippen LogP contribution is -2.48. The lowest BCUT2D eigenvalue weighted by Gasteiger charge is -2.33. The number of nitrogens with zero attached hydrogens (tertiary/aromatic N) is 2. The first-order valence-electron chi connectivity index (χ1n) is 10.1. The zero-order chi connectivity index (χ0) is 20.9. The Bertz CT molecular complexity index is 980. The number of piperidine rings is 1. The van der Waals surface area contributed by atoms with Crippen LogP contribution in [0.25, 0.3) is 11.3 Å². The van der Waals surface area contributed by atoms with Crippen molar-refractivity contribution in [1.29, 1.82) is 0 Å². The summed E-state index contributed by atoms with van der Waals surface area (Å²) in [6.07, 6.45) is 1.92. The standard InChI is InChI=1S/C23H26N4O3/c1-29-19-11-17(12-20(13-19)30-2)23(28)24-18-9-6-10-27(15-18)22-14-21(25-26-22)16-7-4-3-5-8-16/h3-5,7-8,11-14,18H,6,9-10,15H2,1-2H3,(H,24,28)(H,25,26)/t18-/m0/s1. The highest BCUT2D eigenvalue weighted by molar-refractivity contribution is 5.95. The fourth-order valence-electron chi connectivity index (χ4n) is 3.75. The number of H-pyrrole nitrogens is 1. The summed E-state index contributed by atoms with van der Waals surface area (Å²) in [5, 5.41) is 10.8. The third-order valence-corrected chi connectivity index (χ3v) is 5.34. The summed E-state index contributed by atoms with van der Waals surface area (Å²) in [5.74, 6) is 1.95. The molecule has 2 heterocycles. The Kier molecular flexibility index (Phi) is 5.88. The number of benzene rings is 2. The van der Waals surface area contributed by atoms with E-state index in [2.05, 4.69) is 38.6 Å². The number of rotatable bonds is 6. The smallest absolute Gasteiger partial charge is 0.251 e. The first-order chi connectivity index (χ1) is 14.7. The van der Waals surface area contributed by atoms with Crippen LogP contribution in [0.3, 0.4) is 0 Å². The molecule has 7 heteroatoms. The summed E-state index contributed by atoms with van der Waals surface area (Å²) < 4.78 is 10.5. The molecule has 1 saturated heterocycles. The van der Waals surface area contributed by atoms with Crippen molar-refractivity contribution in [3.63, 3.8) is 0 Å². The molecule has 7 nitrogen and oxygen atoms in total. The normalized spacial score (nSPS) is 16.2. The molecule has 0 saturated carbocycles. The molecule has 1 aliphatic rings. The van der Waals surface area contributed by atoms with Gasteiger partial charge in [-0.3, -0.25) is 9.89 Å². The Morgan fingerprint density at radius 3 is 2.53 bits per heavy atom. The molecule has 1 aliphatic heterocycles. The second-order valence-electron chi connectivity index (χ2n) is 7.37. The Labute approximate surface area is 176 Å². The second-order valence-corrected chi connectivity index (χ2v) is 7.37. The van der Waals surface area contributed by atoms with Crippen LogP contribution in [0.2, 0.25) is 0 Å². The van der Waals surface area contributed by atoms with Crippen LogP contribution in [0.15, 0.2) is 54.6 Å². The van der Waals surface area contributed by atoms with Gasteiger partial charge in [-0.25, -0.2) is 0 Å². The van der Waals surface area contributed by atoms with Gasteiger partial charge in [-0.2, -0.15) is 5.10 Å². The SMILES string of the molecule is COc1cc(OC)cc(C(=O)N[C@H]2CCCN(c3cc(-c4ccccc4)[nH]n3)C2)c1. The minimum absolute atomic E-state index is 0.0420. The second kappa shape index (κ2) is 8.90. The van der Waals surface area contributed by atoms with E-state index in [-0.39, 0.29) is 11.9 Å². The van der Waals surface area contributed by atoms with Crippen molar-refractivity contribution in [2.24, 2.45) is 0 Å². The molecule has 1 fully saturated rings. The molecule has 4 rings (SSSR count). The number of carbonyl (C=O) groups excluding carboxylic acids is 1. The van der Waals surface area contributed by atoms with Crippen LogP contribution in [0.4, 0.5) is 5.82 Å². The number of hydrogen-bond donors (Lipinski definition) is 2. The van der Waals surface area contributed by atoms with Gasteiger partial charge in [0.1, 0.15) is 11.5 Å². The summed E-state index contributed by atoms with van der Waals surface area (Å²) in [5.41, 5.74) is 2.61. The number of nitrogens with one attached hydrogen (secondary N) is 2. The van der Waals surface area contributed by atoms with E-state index in [0.29, 0.717) is 23.6 Å². The molecule has 30 heavy (non-hydrogen) atoms. The fraction of sp³-hybridized carbons (Fsp3) is 0.304. The van der Waals surface area contributed by atoms with E-state index in [1.54, 1.807) is 32.4 Å². The molecule has 2 N–H and O–H groups in total. The number of aromatic nitrogens is 2. The van der Waals surface area contributed by atoms with Crippen molar-refractivity contribution in [2.75, 3.05) is 32.2 Å². The number of aromatic amines is 1. The molecular weight excluding hydrogens is 380 g/mol. The fourth-order valence-corrected chi connectivity index (χ4v) is 3.75. The molecule has 0 aliphatic carbocycles. The number of carbonyl (C=O) groups is 1. The van der Waals surface area contributed by atoms with Gasteiger partial charge in [0, 0.05) is 36.8 Å². The van der Waals surface area contributed by atoms with E-state index in [1.807, 2.05) is 18.2 Å². The molecule has 0 unspecified atom stereocenters. The molecule has 0 radical (unpaired) electrons. The van der Waals surface area contributed by atoms with Crippen molar-refractivity contribution in [3.8, 4) is 22.8 Å². The zero-order valence-electron chi connectivity index (χ0n) is 17.2. The van der Waals surface area contributed by atoms with Gasteiger partial charge in [-0.1, -0.05) is 30.3 Å². The Morgan fingerprint density at radius 2 is 1.83 bits per heavy atom. The highest BCUT2D eigenvalue weighted by Crippen LogP contribution is 2.25. The first-order valence-corrected chi connectivity index (χ1v) is 10.1. The van der Waals surface area contributed by atoms with Crippen LogP contribution in [0.1, 0.15) is 23.2 Å². The summed E-state index contributed by atoms with van der Waals surface area (Å²) >= 11 is 0. The molecule has 1 atom stereocenters. The number of anilines is 1. The predicted molar refractivity (Wildman–Crippen MR) is 116 cm³/mol. The molecule has 2 aromatic carbocycles. The minimum Gasteiger partial charge on any atom is -0.497 e. The van der Waals surface area contributed by atoms with E-state index in [4.69, 9.17) is 9.47 Å². The van der Waals surface area contributed by atoms with E-state index >= 15 is 0 Å². The van der Waals surface area contributed by atoms with Crippen molar-refractivity contribution >= 4 is 11.7 Å². The number of hydrogen-bond acceptors (Lipinski definition) is 5. The quantitative estimate of drug-likeness (QED) is 0.655. The van der Waals surface area contributed by atoms with Crippen molar-refractivity contribution in [2.45, 2.75) is 18.9 Å². The van der Waals surface area contributed by atoms with E-state index < -0.39 is 0 Å². The van der Waals surface area contributed by atoms with Crippen LogP contribution in [-0.4, -0.2) is 49.5 Å². The Balaban J connectivity index is 1.43. The summed E-state index contributed by atoms with van der Waals surface area (Å²) in [6, 6.07) is 17.4. The molecular formula is C23H26N4O3. The highest BCUT2D eigenvalue weighted by atomic mass is 16.5. The maximum atomic E-state index is 12.8. The minimum atomic E-state index is -0.133. The van der Waals surface area contributed by atoms with E-state index in [9.17, 15) is 4.79 Å². The summed E-state index contributed by atoms with van der Waals surface area (Å²) in [7, 11) is 3.14. The van der Waals surface area contributed by atoms with Crippen LogP contribution < -0.4 is 19.7 Å². The van der Waals surface area contributed by atoms with Gasteiger partial charge in [-0.15, -0.1) is 0 Å². The van der Waals surface area contributed by atoms with Crippen molar-refractivity contribution in [3.05, 3.63) is 60.2 Å². The van der Waals surface area contributed by atoms with Crippen LogP contribution in [0, 0.1) is 0 Å². The van der Waals surface area contributed by atoms with Gasteiger partial charge in [0.05, 0.1) is 19.9 Å². The molecule has 1 aromatic heterocycles. The summed E-state index contributed by atoms with van der Waals surface area (Å²) in [4.78, 5) is 15.0. The van der Waals surface area contributed by atoms with E-state index in [0.717, 1.165) is 36.5 Å². The lowest BCUT2D eigenvalue weighted by atomic mass is 10.0. The molecule has 1 amide bonds. The average Bonchev–Trinajstić information content (AvgIpc) is 3.30. The number of amides is 1. The monoisotopic (exact) mass is 406 g/mol. The van der Waals surface area contributed by atoms with Crippen LogP contribution >= 0.6 is 0 Å². The molecule has 0 spiro atoms. The molecule has 156 valence electrons. The highest BCUT2D eigenvalue weighted by Gasteiger charge is 2.24. The van der Waals surface area contributed by atoms with Crippen LogP contribution in [0.5, 0.6) is 11.5 Å². The lowest BCUT2D eigenvalue weighted by molar-refractivity contribution is 0.0932. The zero-order valence-corrected chi connectivity index (χ0v) is 17.2. The van der Waals surface area contributed by atoms with Gasteiger partial charge in [0.2, 0.25) is 0 Å². The maximum Gasteiger partial charge on any atom is 0.251 e. The van der Waals surface area contributed by atoms with Gasteiger partial charge in [0.15, 0.2) is 5.82 Å². The predicted octanol–water partition coefficient (Wildman–Crippen LogP) is 3.49. The van der Waals surface area contributed by atoms with Gasteiger partial charge >= 0.3 is 0 Å². The first kappa shape index (κ1) is 19.8. The van der Waals surface area contributed by atoms with Gasteiger partial charge < -0.3 is 19.7 Å². The van der Waals surface area contributed by atoms with Crippen LogP contribution in [-0.2, 0) is 0 Å².